The Morgan fingerprint density at radius 3 is 2.95 bits per heavy atom. The number of hydrogen-bond acceptors (Lipinski definition) is 7. The van der Waals surface area contributed by atoms with Gasteiger partial charge in [-0.05, 0) is 45.2 Å². The van der Waals surface area contributed by atoms with E-state index in [1.807, 2.05) is 22.6 Å². The maximum Gasteiger partial charge on any atom is 0.273 e. The lowest BCUT2D eigenvalue weighted by Gasteiger charge is -2.06. The van der Waals surface area contributed by atoms with Gasteiger partial charge in [-0.15, -0.1) is 14.8 Å². The predicted molar refractivity (Wildman–Crippen MR) is 74.5 cm³/mol. The van der Waals surface area contributed by atoms with E-state index in [0.29, 0.717) is 11.4 Å². The van der Waals surface area contributed by atoms with Gasteiger partial charge in [0.05, 0.1) is 14.6 Å². The van der Waals surface area contributed by atoms with E-state index in [9.17, 15) is 10.1 Å². The standard InChI is InChI=1S/C10H5IN6O3/c11-7-2-1-6(17(18)19)5-8(7)20-10-4-3-9-12-14-15-16(9)13-10/h1-5H. The van der Waals surface area contributed by atoms with Crippen LogP contribution in [0, 0.1) is 13.7 Å². The second-order valence-electron chi connectivity index (χ2n) is 3.67. The smallest absolute Gasteiger partial charge is 0.273 e. The van der Waals surface area contributed by atoms with Crippen LogP contribution in [0.1, 0.15) is 0 Å². The number of rotatable bonds is 3. The Morgan fingerprint density at radius 2 is 2.15 bits per heavy atom. The number of halogens is 1. The van der Waals surface area contributed by atoms with Crippen molar-refractivity contribution in [3.8, 4) is 11.6 Å². The van der Waals surface area contributed by atoms with Crippen LogP contribution in [0.4, 0.5) is 5.69 Å². The SMILES string of the molecule is O=[N+]([O-])c1ccc(I)c(Oc2ccc3nnnn3n2)c1. The van der Waals surface area contributed by atoms with Crippen LogP contribution >= 0.6 is 22.6 Å². The zero-order chi connectivity index (χ0) is 14.1. The van der Waals surface area contributed by atoms with Crippen LogP contribution in [0.2, 0.25) is 0 Å². The van der Waals surface area contributed by atoms with Crippen LogP contribution in [0.3, 0.4) is 0 Å². The van der Waals surface area contributed by atoms with Crippen molar-refractivity contribution in [2.75, 3.05) is 0 Å². The number of nitro groups is 1. The maximum atomic E-state index is 10.8. The van der Waals surface area contributed by atoms with Crippen LogP contribution in [0.25, 0.3) is 5.65 Å². The minimum atomic E-state index is -0.485. The Morgan fingerprint density at radius 1 is 1.30 bits per heavy atom. The number of benzene rings is 1. The molecule has 0 fully saturated rings. The molecule has 0 unspecified atom stereocenters. The number of nitrogens with zero attached hydrogens (tertiary/aromatic N) is 6. The molecule has 3 rings (SSSR count). The predicted octanol–water partition coefficient (Wildman–Crippen LogP) is 1.82. The molecule has 10 heteroatoms. The summed E-state index contributed by atoms with van der Waals surface area (Å²) in [5.41, 5.74) is 0.426. The van der Waals surface area contributed by atoms with Crippen molar-refractivity contribution in [2.45, 2.75) is 0 Å². The summed E-state index contributed by atoms with van der Waals surface area (Å²) in [6.07, 6.45) is 0. The summed E-state index contributed by atoms with van der Waals surface area (Å²) in [5, 5.41) is 25.6. The zero-order valence-electron chi connectivity index (χ0n) is 9.67. The summed E-state index contributed by atoms with van der Waals surface area (Å²) in [6.45, 7) is 0. The van der Waals surface area contributed by atoms with Crippen molar-refractivity contribution in [3.05, 3.63) is 44.0 Å². The third kappa shape index (κ3) is 2.36. The third-order valence-corrected chi connectivity index (χ3v) is 3.28. The van der Waals surface area contributed by atoms with Gasteiger partial charge in [-0.25, -0.2) is 0 Å². The minimum Gasteiger partial charge on any atom is -0.436 e. The first-order valence-electron chi connectivity index (χ1n) is 5.31. The van der Waals surface area contributed by atoms with Crippen molar-refractivity contribution in [2.24, 2.45) is 0 Å². The molecule has 3 aromatic rings. The molecule has 1 aromatic carbocycles. The molecule has 0 saturated heterocycles. The van der Waals surface area contributed by atoms with Crippen molar-refractivity contribution in [3.63, 3.8) is 0 Å². The van der Waals surface area contributed by atoms with Gasteiger partial charge in [0.25, 0.3) is 5.69 Å². The molecule has 0 atom stereocenters. The fourth-order valence-electron chi connectivity index (χ4n) is 1.48. The quantitative estimate of drug-likeness (QED) is 0.385. The molecule has 100 valence electrons. The number of ether oxygens (including phenoxy) is 1. The average Bonchev–Trinajstić information content (AvgIpc) is 2.88. The molecule has 0 N–H and O–H groups in total. The van der Waals surface area contributed by atoms with E-state index in [4.69, 9.17) is 4.74 Å². The second kappa shape index (κ2) is 4.96. The molecular formula is C10H5IN6O3. The fourth-order valence-corrected chi connectivity index (χ4v) is 1.93. The van der Waals surface area contributed by atoms with Crippen LogP contribution in [0.5, 0.6) is 11.6 Å². The molecule has 0 saturated carbocycles. The lowest BCUT2D eigenvalue weighted by atomic mass is 10.3. The van der Waals surface area contributed by atoms with E-state index < -0.39 is 4.92 Å². The summed E-state index contributed by atoms with van der Waals surface area (Å²) in [6, 6.07) is 7.57. The van der Waals surface area contributed by atoms with Crippen molar-refractivity contribution in [1.29, 1.82) is 0 Å². The number of fused-ring (bicyclic) bond motifs is 1. The van der Waals surface area contributed by atoms with Gasteiger partial charge in [-0.2, -0.15) is 0 Å². The molecule has 0 amide bonds. The Balaban J connectivity index is 1.97. The molecule has 9 nitrogen and oxygen atoms in total. The van der Waals surface area contributed by atoms with Crippen LogP contribution in [0.15, 0.2) is 30.3 Å². The van der Waals surface area contributed by atoms with E-state index in [2.05, 4.69) is 20.6 Å². The van der Waals surface area contributed by atoms with Crippen LogP contribution in [-0.2, 0) is 0 Å². The Bertz CT molecular complexity index is 805. The van der Waals surface area contributed by atoms with E-state index in [0.717, 1.165) is 3.57 Å². The van der Waals surface area contributed by atoms with Gasteiger partial charge in [0.1, 0.15) is 5.75 Å². The normalized spacial score (nSPS) is 10.7. The highest BCUT2D eigenvalue weighted by Crippen LogP contribution is 2.29. The van der Waals surface area contributed by atoms with Crippen molar-refractivity contribution in [1.82, 2.24) is 25.3 Å². The largest absolute Gasteiger partial charge is 0.436 e. The first kappa shape index (κ1) is 12.7. The second-order valence-corrected chi connectivity index (χ2v) is 4.83. The van der Waals surface area contributed by atoms with E-state index >= 15 is 0 Å². The van der Waals surface area contributed by atoms with Crippen LogP contribution in [-0.4, -0.2) is 30.2 Å². The lowest BCUT2D eigenvalue weighted by molar-refractivity contribution is -0.384. The van der Waals surface area contributed by atoms with Gasteiger partial charge in [-0.1, -0.05) is 0 Å². The highest BCUT2D eigenvalue weighted by molar-refractivity contribution is 14.1. The third-order valence-electron chi connectivity index (χ3n) is 2.39. The van der Waals surface area contributed by atoms with Gasteiger partial charge < -0.3 is 4.74 Å². The minimum absolute atomic E-state index is 0.0519. The fraction of sp³-hybridized carbons (Fsp3) is 0. The van der Waals surface area contributed by atoms with Gasteiger partial charge in [0.2, 0.25) is 5.88 Å². The number of hydrogen-bond donors (Lipinski definition) is 0. The lowest BCUT2D eigenvalue weighted by Crippen LogP contribution is -1.98. The molecule has 2 heterocycles. The first-order valence-corrected chi connectivity index (χ1v) is 6.38. The monoisotopic (exact) mass is 384 g/mol. The number of tetrazole rings is 1. The van der Waals surface area contributed by atoms with Gasteiger partial charge >= 0.3 is 0 Å². The van der Waals surface area contributed by atoms with E-state index in [-0.39, 0.29) is 11.6 Å². The highest BCUT2D eigenvalue weighted by Gasteiger charge is 2.12. The molecule has 0 spiro atoms. The van der Waals surface area contributed by atoms with Gasteiger partial charge in [0, 0.05) is 12.1 Å². The molecule has 0 aliphatic rings. The number of aromatic nitrogens is 5. The molecule has 0 aliphatic carbocycles. The number of nitro benzene ring substituents is 1. The summed E-state index contributed by atoms with van der Waals surface area (Å²) in [7, 11) is 0. The summed E-state index contributed by atoms with van der Waals surface area (Å²) in [5.74, 6) is 0.586. The maximum absolute atomic E-state index is 10.8. The zero-order valence-corrected chi connectivity index (χ0v) is 11.8. The topological polar surface area (TPSA) is 108 Å². The van der Waals surface area contributed by atoms with Gasteiger partial charge in [0.15, 0.2) is 5.65 Å². The summed E-state index contributed by atoms with van der Waals surface area (Å²) < 4.78 is 7.47. The summed E-state index contributed by atoms with van der Waals surface area (Å²) in [4.78, 5) is 10.3. The highest BCUT2D eigenvalue weighted by atomic mass is 127. The Labute approximate surface area is 124 Å². The molecule has 20 heavy (non-hydrogen) atoms. The van der Waals surface area contributed by atoms with Crippen molar-refractivity contribution >= 4 is 33.9 Å². The Hall–Kier alpha value is -2.37. The van der Waals surface area contributed by atoms with Crippen molar-refractivity contribution < 1.29 is 9.66 Å². The molecule has 2 aromatic heterocycles. The van der Waals surface area contributed by atoms with E-state index in [1.165, 1.54) is 16.8 Å². The average molecular weight is 384 g/mol. The first-order chi connectivity index (χ1) is 9.63. The van der Waals surface area contributed by atoms with Gasteiger partial charge in [-0.3, -0.25) is 10.1 Å². The number of non-ortho nitro benzene ring substituents is 1. The van der Waals surface area contributed by atoms with E-state index in [1.54, 1.807) is 18.2 Å². The van der Waals surface area contributed by atoms with Crippen LogP contribution < -0.4 is 4.74 Å². The molecule has 0 radical (unpaired) electrons. The molecular weight excluding hydrogens is 379 g/mol. The Kier molecular flexibility index (Phi) is 3.14. The molecule has 0 aliphatic heterocycles. The molecule has 0 bridgehead atoms. The summed E-state index contributed by atoms with van der Waals surface area (Å²) >= 11 is 2.02.